The number of aliphatic hydroxyl groups is 1. The minimum Gasteiger partial charge on any atom is -0.393 e. The SMILES string of the molecule is CC12CCC3CC(CC=O)CCC3C1CCC2O. The summed E-state index contributed by atoms with van der Waals surface area (Å²) in [6.45, 7) is 2.32. The Hall–Kier alpha value is -0.370. The monoisotopic (exact) mass is 250 g/mol. The number of carbonyl (C=O) groups excluding carboxylic acids is 1. The molecule has 0 radical (unpaired) electrons. The smallest absolute Gasteiger partial charge is 0.120 e. The van der Waals surface area contributed by atoms with E-state index in [2.05, 4.69) is 6.92 Å². The number of aliphatic hydroxyl groups excluding tert-OH is 1. The summed E-state index contributed by atoms with van der Waals surface area (Å²) in [5, 5.41) is 10.3. The number of fused-ring (bicyclic) bond motifs is 3. The second kappa shape index (κ2) is 4.63. The van der Waals surface area contributed by atoms with Crippen LogP contribution in [0, 0.1) is 29.1 Å². The summed E-state index contributed by atoms with van der Waals surface area (Å²) >= 11 is 0. The molecule has 3 aliphatic rings. The molecule has 0 aromatic rings. The van der Waals surface area contributed by atoms with E-state index in [1.165, 1.54) is 38.5 Å². The lowest BCUT2D eigenvalue weighted by Crippen LogP contribution is -2.45. The van der Waals surface area contributed by atoms with Crippen molar-refractivity contribution in [3.05, 3.63) is 0 Å². The van der Waals surface area contributed by atoms with Gasteiger partial charge in [-0.3, -0.25) is 0 Å². The molecule has 0 spiro atoms. The van der Waals surface area contributed by atoms with Gasteiger partial charge >= 0.3 is 0 Å². The first-order chi connectivity index (χ1) is 8.65. The molecule has 0 saturated heterocycles. The Kier molecular flexibility index (Phi) is 3.25. The molecule has 1 N–H and O–H groups in total. The predicted octanol–water partition coefficient (Wildman–Crippen LogP) is 3.18. The fraction of sp³-hybridized carbons (Fsp3) is 0.938. The third-order valence-corrected chi connectivity index (χ3v) is 6.51. The number of aldehydes is 1. The van der Waals surface area contributed by atoms with Gasteiger partial charge in [0.05, 0.1) is 6.10 Å². The molecule has 3 fully saturated rings. The zero-order valence-electron chi connectivity index (χ0n) is 11.5. The molecule has 2 heteroatoms. The highest BCUT2D eigenvalue weighted by atomic mass is 16.3. The lowest BCUT2D eigenvalue weighted by Gasteiger charge is -2.50. The van der Waals surface area contributed by atoms with Crippen LogP contribution in [0.3, 0.4) is 0 Å². The molecule has 3 saturated carbocycles. The molecule has 0 aliphatic heterocycles. The molecule has 0 aromatic heterocycles. The van der Waals surface area contributed by atoms with Crippen LogP contribution in [0.2, 0.25) is 0 Å². The molecule has 6 atom stereocenters. The quantitative estimate of drug-likeness (QED) is 0.764. The average Bonchev–Trinajstić information content (AvgIpc) is 2.67. The fourth-order valence-electron chi connectivity index (χ4n) is 5.39. The highest BCUT2D eigenvalue weighted by Gasteiger charge is 2.54. The Morgan fingerprint density at radius 2 is 2.06 bits per heavy atom. The second-order valence-electron chi connectivity index (χ2n) is 7.25. The van der Waals surface area contributed by atoms with Crippen LogP contribution in [0.5, 0.6) is 0 Å². The van der Waals surface area contributed by atoms with Crippen LogP contribution >= 0.6 is 0 Å². The maximum atomic E-state index is 10.7. The highest BCUT2D eigenvalue weighted by molar-refractivity contribution is 5.49. The van der Waals surface area contributed by atoms with Gasteiger partial charge in [-0.15, -0.1) is 0 Å². The van der Waals surface area contributed by atoms with Crippen molar-refractivity contribution in [3.63, 3.8) is 0 Å². The Balaban J connectivity index is 1.73. The zero-order valence-corrected chi connectivity index (χ0v) is 11.5. The second-order valence-corrected chi connectivity index (χ2v) is 7.25. The van der Waals surface area contributed by atoms with Gasteiger partial charge in [-0.2, -0.15) is 0 Å². The molecular weight excluding hydrogens is 224 g/mol. The van der Waals surface area contributed by atoms with Gasteiger partial charge in [-0.1, -0.05) is 6.92 Å². The molecule has 6 unspecified atom stereocenters. The van der Waals surface area contributed by atoms with Crippen molar-refractivity contribution < 1.29 is 9.90 Å². The Morgan fingerprint density at radius 1 is 1.22 bits per heavy atom. The molecule has 0 amide bonds. The van der Waals surface area contributed by atoms with Gasteiger partial charge in [0.2, 0.25) is 0 Å². The first kappa shape index (κ1) is 12.7. The van der Waals surface area contributed by atoms with E-state index in [4.69, 9.17) is 0 Å². The van der Waals surface area contributed by atoms with Crippen LogP contribution in [0.25, 0.3) is 0 Å². The molecule has 0 aromatic carbocycles. The van der Waals surface area contributed by atoms with Crippen LogP contribution in [-0.2, 0) is 4.79 Å². The first-order valence-electron chi connectivity index (χ1n) is 7.77. The van der Waals surface area contributed by atoms with E-state index >= 15 is 0 Å². The van der Waals surface area contributed by atoms with Crippen LogP contribution in [-0.4, -0.2) is 17.5 Å². The van der Waals surface area contributed by atoms with Crippen LogP contribution in [0.1, 0.15) is 58.3 Å². The topological polar surface area (TPSA) is 37.3 Å². The van der Waals surface area contributed by atoms with Crippen molar-refractivity contribution >= 4 is 6.29 Å². The minimum atomic E-state index is -0.0591. The van der Waals surface area contributed by atoms with Crippen LogP contribution in [0.15, 0.2) is 0 Å². The molecule has 18 heavy (non-hydrogen) atoms. The number of rotatable bonds is 2. The summed E-state index contributed by atoms with van der Waals surface area (Å²) in [5.74, 6) is 3.08. The third kappa shape index (κ3) is 1.84. The van der Waals surface area contributed by atoms with Gasteiger partial charge in [0.15, 0.2) is 0 Å². The van der Waals surface area contributed by atoms with Gasteiger partial charge in [0, 0.05) is 6.42 Å². The largest absolute Gasteiger partial charge is 0.393 e. The summed E-state index contributed by atoms with van der Waals surface area (Å²) in [7, 11) is 0. The van der Waals surface area contributed by atoms with Gasteiger partial charge in [-0.05, 0) is 74.0 Å². The third-order valence-electron chi connectivity index (χ3n) is 6.51. The van der Waals surface area contributed by atoms with E-state index in [0.717, 1.165) is 36.9 Å². The minimum absolute atomic E-state index is 0.0591. The predicted molar refractivity (Wildman–Crippen MR) is 71.1 cm³/mol. The standard InChI is InChI=1S/C16H26O2/c1-16-8-6-12-10-11(7-9-17)2-3-13(12)14(16)4-5-15(16)18/h9,11-15,18H,2-8,10H2,1H3. The molecule has 0 bridgehead atoms. The molecule has 2 nitrogen and oxygen atoms in total. The van der Waals surface area contributed by atoms with Crippen LogP contribution < -0.4 is 0 Å². The van der Waals surface area contributed by atoms with Crippen molar-refractivity contribution in [1.82, 2.24) is 0 Å². The van der Waals surface area contributed by atoms with Gasteiger partial charge in [-0.25, -0.2) is 0 Å². The number of carbonyl (C=O) groups is 1. The van der Waals surface area contributed by atoms with Crippen molar-refractivity contribution in [2.45, 2.75) is 64.4 Å². The summed E-state index contributed by atoms with van der Waals surface area (Å²) in [6, 6.07) is 0. The Labute approximate surface area is 110 Å². The molecular formula is C16H26O2. The molecule has 3 aliphatic carbocycles. The number of hydrogen-bond donors (Lipinski definition) is 1. The van der Waals surface area contributed by atoms with E-state index in [1.54, 1.807) is 0 Å². The molecule has 0 heterocycles. The van der Waals surface area contributed by atoms with E-state index in [9.17, 15) is 9.90 Å². The van der Waals surface area contributed by atoms with Crippen molar-refractivity contribution in [3.8, 4) is 0 Å². The molecule has 102 valence electrons. The Bertz CT molecular complexity index is 327. The first-order valence-corrected chi connectivity index (χ1v) is 7.77. The van der Waals surface area contributed by atoms with E-state index in [0.29, 0.717) is 5.92 Å². The normalized spacial score (nSPS) is 51.6. The zero-order chi connectivity index (χ0) is 12.8. The Morgan fingerprint density at radius 3 is 2.83 bits per heavy atom. The van der Waals surface area contributed by atoms with E-state index in [-0.39, 0.29) is 11.5 Å². The summed E-state index contributed by atoms with van der Waals surface area (Å²) in [6.07, 6.45) is 10.4. The van der Waals surface area contributed by atoms with Gasteiger partial charge < -0.3 is 9.90 Å². The maximum Gasteiger partial charge on any atom is 0.120 e. The van der Waals surface area contributed by atoms with Gasteiger partial charge in [0.1, 0.15) is 6.29 Å². The van der Waals surface area contributed by atoms with Crippen molar-refractivity contribution in [1.29, 1.82) is 0 Å². The summed E-state index contributed by atoms with van der Waals surface area (Å²) < 4.78 is 0. The van der Waals surface area contributed by atoms with Crippen LogP contribution in [0.4, 0.5) is 0 Å². The average molecular weight is 250 g/mol. The highest BCUT2D eigenvalue weighted by Crippen LogP contribution is 2.59. The molecule has 3 rings (SSSR count). The van der Waals surface area contributed by atoms with Crippen molar-refractivity contribution in [2.75, 3.05) is 0 Å². The van der Waals surface area contributed by atoms with Gasteiger partial charge in [0.25, 0.3) is 0 Å². The lowest BCUT2D eigenvalue weighted by molar-refractivity contribution is -0.109. The number of hydrogen-bond acceptors (Lipinski definition) is 2. The fourth-order valence-corrected chi connectivity index (χ4v) is 5.39. The maximum absolute atomic E-state index is 10.7. The van der Waals surface area contributed by atoms with E-state index in [1.807, 2.05) is 0 Å². The lowest BCUT2D eigenvalue weighted by atomic mass is 9.55. The summed E-state index contributed by atoms with van der Waals surface area (Å²) in [4.78, 5) is 10.7. The summed E-state index contributed by atoms with van der Waals surface area (Å²) in [5.41, 5.74) is 0.207. The van der Waals surface area contributed by atoms with E-state index < -0.39 is 0 Å². The van der Waals surface area contributed by atoms with Crippen molar-refractivity contribution in [2.24, 2.45) is 29.1 Å².